The van der Waals surface area contributed by atoms with E-state index in [-0.39, 0.29) is 11.8 Å². The number of urea groups is 1. The Labute approximate surface area is 155 Å². The summed E-state index contributed by atoms with van der Waals surface area (Å²) in [6.07, 6.45) is 0. The minimum Gasteiger partial charge on any atom is -0.435 e. The minimum absolute atomic E-state index is 0.0642. The lowest BCUT2D eigenvalue weighted by molar-refractivity contribution is -0.0498. The molecule has 27 heavy (non-hydrogen) atoms. The zero-order valence-electron chi connectivity index (χ0n) is 14.3. The first kappa shape index (κ1) is 18.4. The molecule has 0 bridgehead atoms. The van der Waals surface area contributed by atoms with E-state index >= 15 is 0 Å². The number of benzene rings is 3. The van der Waals surface area contributed by atoms with Crippen molar-refractivity contribution in [3.8, 4) is 5.75 Å². The number of carbonyl (C=O) groups is 1. The largest absolute Gasteiger partial charge is 0.435 e. The summed E-state index contributed by atoms with van der Waals surface area (Å²) in [6, 6.07) is 23.9. The van der Waals surface area contributed by atoms with Gasteiger partial charge in [0.15, 0.2) is 0 Å². The van der Waals surface area contributed by atoms with Gasteiger partial charge in [-0.25, -0.2) is 4.79 Å². The quantitative estimate of drug-likeness (QED) is 0.628. The summed E-state index contributed by atoms with van der Waals surface area (Å²) >= 11 is 0. The van der Waals surface area contributed by atoms with Crippen molar-refractivity contribution in [2.45, 2.75) is 12.7 Å². The molecule has 0 saturated carbocycles. The van der Waals surface area contributed by atoms with Gasteiger partial charge in [-0.2, -0.15) is 8.78 Å². The molecular formula is C21H18F2N2O2. The number of halogens is 2. The third kappa shape index (κ3) is 5.28. The topological polar surface area (TPSA) is 50.4 Å². The monoisotopic (exact) mass is 368 g/mol. The van der Waals surface area contributed by atoms with Crippen molar-refractivity contribution in [1.82, 2.24) is 5.32 Å². The molecule has 2 amide bonds. The molecule has 0 aliphatic carbocycles. The molecule has 138 valence electrons. The number of anilines is 1. The van der Waals surface area contributed by atoms with E-state index in [1.54, 1.807) is 24.3 Å². The van der Waals surface area contributed by atoms with Crippen LogP contribution in [0.1, 0.15) is 17.2 Å². The van der Waals surface area contributed by atoms with Gasteiger partial charge in [-0.15, -0.1) is 0 Å². The van der Waals surface area contributed by atoms with E-state index in [9.17, 15) is 13.6 Å². The first-order valence-electron chi connectivity index (χ1n) is 8.34. The number of alkyl halides is 2. The van der Waals surface area contributed by atoms with Crippen LogP contribution in [0.4, 0.5) is 19.3 Å². The molecule has 3 rings (SSSR count). The summed E-state index contributed by atoms with van der Waals surface area (Å²) in [4.78, 5) is 12.4. The smallest absolute Gasteiger partial charge is 0.387 e. The van der Waals surface area contributed by atoms with E-state index in [4.69, 9.17) is 0 Å². The fourth-order valence-corrected chi connectivity index (χ4v) is 2.67. The maximum absolute atomic E-state index is 12.4. The number of nitrogens with one attached hydrogen (secondary N) is 2. The lowest BCUT2D eigenvalue weighted by atomic mass is 9.99. The predicted molar refractivity (Wildman–Crippen MR) is 100.0 cm³/mol. The van der Waals surface area contributed by atoms with E-state index in [1.807, 2.05) is 48.5 Å². The highest BCUT2D eigenvalue weighted by Crippen LogP contribution is 2.25. The average molecular weight is 368 g/mol. The zero-order valence-corrected chi connectivity index (χ0v) is 14.3. The SMILES string of the molecule is O=C(Nc1ccccc1)N[C@@H](c1ccccc1)c1ccc(OC(F)F)cc1. The van der Waals surface area contributed by atoms with Gasteiger partial charge < -0.3 is 15.4 Å². The highest BCUT2D eigenvalue weighted by molar-refractivity contribution is 5.89. The first-order chi connectivity index (χ1) is 13.1. The van der Waals surface area contributed by atoms with Gasteiger partial charge in [0.2, 0.25) is 0 Å². The maximum Gasteiger partial charge on any atom is 0.387 e. The van der Waals surface area contributed by atoms with Crippen LogP contribution in [0.25, 0.3) is 0 Å². The van der Waals surface area contributed by atoms with E-state index in [0.717, 1.165) is 11.1 Å². The molecule has 0 heterocycles. The van der Waals surface area contributed by atoms with Gasteiger partial charge in [-0.05, 0) is 35.4 Å². The van der Waals surface area contributed by atoms with E-state index in [2.05, 4.69) is 15.4 Å². The lowest BCUT2D eigenvalue weighted by Gasteiger charge is -2.20. The van der Waals surface area contributed by atoms with Crippen LogP contribution in [0.5, 0.6) is 5.75 Å². The van der Waals surface area contributed by atoms with Crippen molar-refractivity contribution in [3.05, 3.63) is 96.1 Å². The third-order valence-corrected chi connectivity index (χ3v) is 3.88. The van der Waals surface area contributed by atoms with Crippen LogP contribution in [-0.4, -0.2) is 12.6 Å². The molecule has 6 heteroatoms. The molecule has 0 aliphatic rings. The number of hydrogen-bond donors (Lipinski definition) is 2. The number of carbonyl (C=O) groups excluding carboxylic acids is 1. The van der Waals surface area contributed by atoms with E-state index < -0.39 is 12.7 Å². The van der Waals surface area contributed by atoms with Crippen LogP contribution in [-0.2, 0) is 0 Å². The summed E-state index contributed by atoms with van der Waals surface area (Å²) in [6.45, 7) is -2.88. The van der Waals surface area contributed by atoms with Crippen LogP contribution in [0.2, 0.25) is 0 Å². The van der Waals surface area contributed by atoms with Crippen molar-refractivity contribution in [2.75, 3.05) is 5.32 Å². The molecular weight excluding hydrogens is 350 g/mol. The summed E-state index contributed by atoms with van der Waals surface area (Å²) in [7, 11) is 0. The van der Waals surface area contributed by atoms with E-state index in [1.165, 1.54) is 12.1 Å². The molecule has 0 unspecified atom stereocenters. The number of para-hydroxylation sites is 1. The molecule has 3 aromatic carbocycles. The molecule has 0 aromatic heterocycles. The Morgan fingerprint density at radius 1 is 0.778 bits per heavy atom. The Balaban J connectivity index is 1.80. The van der Waals surface area contributed by atoms with Crippen LogP contribution in [0, 0.1) is 0 Å². The van der Waals surface area contributed by atoms with Crippen molar-refractivity contribution in [3.63, 3.8) is 0 Å². The molecule has 4 nitrogen and oxygen atoms in total. The predicted octanol–water partition coefficient (Wildman–Crippen LogP) is 5.20. The van der Waals surface area contributed by atoms with Gasteiger partial charge in [0.05, 0.1) is 6.04 Å². The number of hydrogen-bond acceptors (Lipinski definition) is 2. The van der Waals surface area contributed by atoms with Crippen molar-refractivity contribution >= 4 is 11.7 Å². The summed E-state index contributed by atoms with van der Waals surface area (Å²) in [5, 5.41) is 5.69. The standard InChI is InChI=1S/C21H18F2N2O2/c22-20(23)27-18-13-11-16(12-14-18)19(15-7-3-1-4-8-15)25-21(26)24-17-9-5-2-6-10-17/h1-14,19-20H,(H2,24,25,26)/t19-/m0/s1. The second kappa shape index (κ2) is 8.80. The van der Waals surface area contributed by atoms with Gasteiger partial charge in [0, 0.05) is 5.69 Å². The van der Waals surface area contributed by atoms with Crippen LogP contribution in [0.15, 0.2) is 84.9 Å². The summed E-state index contributed by atoms with van der Waals surface area (Å²) in [5.74, 6) is 0.0642. The van der Waals surface area contributed by atoms with Gasteiger partial charge in [-0.1, -0.05) is 60.7 Å². The molecule has 0 saturated heterocycles. The fourth-order valence-electron chi connectivity index (χ4n) is 2.67. The second-order valence-electron chi connectivity index (χ2n) is 5.76. The molecule has 0 spiro atoms. The number of ether oxygens (including phenoxy) is 1. The minimum atomic E-state index is -2.88. The van der Waals surface area contributed by atoms with Crippen LogP contribution in [0.3, 0.4) is 0 Å². The van der Waals surface area contributed by atoms with Crippen LogP contribution < -0.4 is 15.4 Å². The third-order valence-electron chi connectivity index (χ3n) is 3.88. The lowest BCUT2D eigenvalue weighted by Crippen LogP contribution is -2.33. The summed E-state index contributed by atoms with van der Waals surface area (Å²) < 4.78 is 29.1. The Hall–Kier alpha value is -3.41. The molecule has 1 atom stereocenters. The Morgan fingerprint density at radius 2 is 1.33 bits per heavy atom. The normalized spacial score (nSPS) is 11.7. The molecule has 0 fully saturated rings. The first-order valence-corrected chi connectivity index (χ1v) is 8.34. The number of rotatable bonds is 6. The molecule has 0 radical (unpaired) electrons. The van der Waals surface area contributed by atoms with E-state index in [0.29, 0.717) is 5.69 Å². The van der Waals surface area contributed by atoms with Gasteiger partial charge in [-0.3, -0.25) is 0 Å². The van der Waals surface area contributed by atoms with Crippen molar-refractivity contribution < 1.29 is 18.3 Å². The summed E-state index contributed by atoms with van der Waals surface area (Å²) in [5.41, 5.74) is 2.27. The maximum atomic E-state index is 12.4. The molecule has 3 aromatic rings. The van der Waals surface area contributed by atoms with Crippen LogP contribution >= 0.6 is 0 Å². The second-order valence-corrected chi connectivity index (χ2v) is 5.76. The highest BCUT2D eigenvalue weighted by Gasteiger charge is 2.17. The Kier molecular flexibility index (Phi) is 5.99. The van der Waals surface area contributed by atoms with Gasteiger partial charge in [0.25, 0.3) is 0 Å². The van der Waals surface area contributed by atoms with Gasteiger partial charge in [0.1, 0.15) is 5.75 Å². The average Bonchev–Trinajstić information content (AvgIpc) is 2.68. The molecule has 2 N–H and O–H groups in total. The van der Waals surface area contributed by atoms with Crippen molar-refractivity contribution in [2.24, 2.45) is 0 Å². The Morgan fingerprint density at radius 3 is 1.93 bits per heavy atom. The fraction of sp³-hybridized carbons (Fsp3) is 0.0952. The van der Waals surface area contributed by atoms with Crippen molar-refractivity contribution in [1.29, 1.82) is 0 Å². The molecule has 0 aliphatic heterocycles. The van der Waals surface area contributed by atoms with Gasteiger partial charge >= 0.3 is 12.6 Å². The zero-order chi connectivity index (χ0) is 19.1. The Bertz CT molecular complexity index is 856. The number of amides is 2. The highest BCUT2D eigenvalue weighted by atomic mass is 19.3.